The van der Waals surface area contributed by atoms with Gasteiger partial charge in [0.25, 0.3) is 0 Å². The van der Waals surface area contributed by atoms with Gasteiger partial charge in [-0.3, -0.25) is 4.90 Å². The predicted octanol–water partition coefficient (Wildman–Crippen LogP) is 6.69. The van der Waals surface area contributed by atoms with E-state index in [0.717, 1.165) is 24.7 Å². The molecular formula is C30H44N2. The van der Waals surface area contributed by atoms with Crippen LogP contribution in [0.4, 0.5) is 0 Å². The summed E-state index contributed by atoms with van der Waals surface area (Å²) in [4.78, 5) is 5.81. The van der Waals surface area contributed by atoms with Crippen molar-refractivity contribution < 1.29 is 0 Å². The molecule has 5 heterocycles. The number of hydrogen-bond acceptors (Lipinski definition) is 2. The Labute approximate surface area is 196 Å². The summed E-state index contributed by atoms with van der Waals surface area (Å²) in [5.41, 5.74) is 2.25. The Morgan fingerprint density at radius 3 is 2.44 bits per heavy atom. The zero-order valence-corrected chi connectivity index (χ0v) is 20.1. The van der Waals surface area contributed by atoms with Gasteiger partial charge in [0.1, 0.15) is 0 Å². The summed E-state index contributed by atoms with van der Waals surface area (Å²) in [6.45, 7) is 6.52. The zero-order chi connectivity index (χ0) is 21.6. The van der Waals surface area contributed by atoms with Crippen molar-refractivity contribution in [1.82, 2.24) is 9.80 Å². The van der Waals surface area contributed by atoms with Crippen LogP contribution in [-0.2, 0) is 0 Å². The fourth-order valence-electron chi connectivity index (χ4n) is 7.64. The van der Waals surface area contributed by atoms with Crippen LogP contribution in [0.25, 0.3) is 0 Å². The van der Waals surface area contributed by atoms with Crippen LogP contribution in [0.3, 0.4) is 0 Å². The van der Waals surface area contributed by atoms with Crippen LogP contribution >= 0.6 is 0 Å². The van der Waals surface area contributed by atoms with Crippen LogP contribution in [0.2, 0.25) is 0 Å². The van der Waals surface area contributed by atoms with E-state index in [9.17, 15) is 0 Å². The molecule has 0 saturated carbocycles. The largest absolute Gasteiger partial charge is 0.303 e. The van der Waals surface area contributed by atoms with Crippen molar-refractivity contribution >= 4 is 0 Å². The highest BCUT2D eigenvalue weighted by Gasteiger charge is 2.58. The van der Waals surface area contributed by atoms with Gasteiger partial charge in [-0.1, -0.05) is 60.3 Å². The number of piperidine rings is 2. The maximum Gasteiger partial charge on any atom is 0.0379 e. The van der Waals surface area contributed by atoms with Gasteiger partial charge >= 0.3 is 0 Å². The second-order valence-corrected chi connectivity index (χ2v) is 10.9. The van der Waals surface area contributed by atoms with Gasteiger partial charge in [-0.25, -0.2) is 0 Å². The normalized spacial score (nSPS) is 44.5. The molecule has 6 unspecified atom stereocenters. The first-order valence-electron chi connectivity index (χ1n) is 13.6. The summed E-state index contributed by atoms with van der Waals surface area (Å²) in [5, 5.41) is 0. The van der Waals surface area contributed by atoms with Gasteiger partial charge in [-0.2, -0.15) is 0 Å². The second kappa shape index (κ2) is 10.7. The Bertz CT molecular complexity index is 772. The number of nitrogens with zero attached hydrogens (tertiary/aromatic N) is 2. The van der Waals surface area contributed by atoms with Gasteiger partial charge in [0, 0.05) is 31.1 Å². The van der Waals surface area contributed by atoms with Crippen LogP contribution < -0.4 is 0 Å². The molecule has 6 atom stereocenters. The molecule has 2 saturated heterocycles. The van der Waals surface area contributed by atoms with E-state index in [1.807, 2.05) is 0 Å². The van der Waals surface area contributed by atoms with Crippen molar-refractivity contribution in [1.29, 1.82) is 0 Å². The summed E-state index contributed by atoms with van der Waals surface area (Å²) in [5.74, 6) is 1.67. The van der Waals surface area contributed by atoms with E-state index < -0.39 is 0 Å². The molecule has 0 aromatic heterocycles. The minimum absolute atomic E-state index is 0.451. The van der Waals surface area contributed by atoms with Crippen molar-refractivity contribution in [3.8, 4) is 0 Å². The third-order valence-corrected chi connectivity index (χ3v) is 8.93. The van der Waals surface area contributed by atoms with E-state index in [2.05, 4.69) is 64.5 Å². The first-order valence-corrected chi connectivity index (χ1v) is 13.6. The Balaban J connectivity index is 1.50. The Kier molecular flexibility index (Phi) is 7.49. The molecule has 0 aromatic carbocycles. The van der Waals surface area contributed by atoms with Crippen LogP contribution in [0.5, 0.6) is 0 Å². The van der Waals surface area contributed by atoms with Crippen molar-refractivity contribution in [3.63, 3.8) is 0 Å². The van der Waals surface area contributed by atoms with E-state index in [1.165, 1.54) is 90.5 Å². The zero-order valence-electron chi connectivity index (χ0n) is 20.1. The molecule has 0 amide bonds. The standard InChI is InChI=1S/C30H44N2/c1-2-4-7-12-16-21-32-24-27-23-26-17-13-9-5-8-11-15-20-31-22-18-28(27)30(25-31,29(26)32)19-14-10-6-3-1/h1-2,5-7,9-10,12,23,27-29H,3-4,8,11,13-22,24-25H2/b2-1-,9-5-,10-6-,12-7-. The molecular weight excluding hydrogens is 388 g/mol. The van der Waals surface area contributed by atoms with Crippen molar-refractivity contribution in [2.45, 2.75) is 76.7 Å². The summed E-state index contributed by atoms with van der Waals surface area (Å²) in [6, 6.07) is 0.666. The molecule has 5 aliphatic heterocycles. The van der Waals surface area contributed by atoms with Gasteiger partial charge in [-0.15, -0.1) is 0 Å². The Hall–Kier alpha value is -1.38. The molecule has 6 rings (SSSR count). The summed E-state index contributed by atoms with van der Waals surface area (Å²) < 4.78 is 0. The fraction of sp³-hybridized carbons (Fsp3) is 0.667. The number of fused-ring (bicyclic) bond motifs is 1. The molecule has 2 heteroatoms. The first kappa shape index (κ1) is 22.4. The highest BCUT2D eigenvalue weighted by molar-refractivity contribution is 5.30. The van der Waals surface area contributed by atoms with Gasteiger partial charge < -0.3 is 4.90 Å². The molecule has 2 nitrogen and oxygen atoms in total. The first-order chi connectivity index (χ1) is 15.9. The van der Waals surface area contributed by atoms with Crippen molar-refractivity contribution in [2.24, 2.45) is 17.3 Å². The highest BCUT2D eigenvalue weighted by Crippen LogP contribution is 2.57. The minimum Gasteiger partial charge on any atom is -0.303 e. The Morgan fingerprint density at radius 1 is 0.750 bits per heavy atom. The lowest BCUT2D eigenvalue weighted by Gasteiger charge is -2.64. The molecule has 6 bridgehead atoms. The smallest absolute Gasteiger partial charge is 0.0379 e. The second-order valence-electron chi connectivity index (χ2n) is 10.9. The fourth-order valence-corrected chi connectivity index (χ4v) is 7.64. The van der Waals surface area contributed by atoms with Crippen LogP contribution in [0.1, 0.15) is 70.6 Å². The number of rotatable bonds is 0. The predicted molar refractivity (Wildman–Crippen MR) is 137 cm³/mol. The average Bonchev–Trinajstić information content (AvgIpc) is 2.80. The molecule has 0 N–H and O–H groups in total. The SMILES string of the molecule is C1=C2CC/C=C\CCCCN3CCC4C1CN1CC/C=C\C/C=C\C/C=C\CCC4(C3)C21. The molecule has 32 heavy (non-hydrogen) atoms. The summed E-state index contributed by atoms with van der Waals surface area (Å²) >= 11 is 0. The van der Waals surface area contributed by atoms with E-state index in [0.29, 0.717) is 11.5 Å². The molecule has 1 aliphatic carbocycles. The Morgan fingerprint density at radius 2 is 1.53 bits per heavy atom. The van der Waals surface area contributed by atoms with Gasteiger partial charge in [0.05, 0.1) is 0 Å². The van der Waals surface area contributed by atoms with E-state index in [-0.39, 0.29) is 0 Å². The van der Waals surface area contributed by atoms with Gasteiger partial charge in [-0.05, 0) is 95.6 Å². The molecule has 2 fully saturated rings. The lowest BCUT2D eigenvalue weighted by atomic mass is 9.52. The summed E-state index contributed by atoms with van der Waals surface area (Å²) in [6.07, 6.45) is 36.0. The molecule has 0 aromatic rings. The minimum atomic E-state index is 0.451. The van der Waals surface area contributed by atoms with Crippen LogP contribution in [0.15, 0.2) is 60.3 Å². The molecule has 1 spiro atoms. The van der Waals surface area contributed by atoms with E-state index in [4.69, 9.17) is 0 Å². The lowest BCUT2D eigenvalue weighted by Crippen LogP contribution is -2.68. The highest BCUT2D eigenvalue weighted by atomic mass is 15.2. The maximum atomic E-state index is 2.94. The van der Waals surface area contributed by atoms with Crippen molar-refractivity contribution in [2.75, 3.05) is 32.7 Å². The lowest BCUT2D eigenvalue weighted by molar-refractivity contribution is -0.109. The quantitative estimate of drug-likeness (QED) is 0.394. The average molecular weight is 433 g/mol. The topological polar surface area (TPSA) is 6.48 Å². The van der Waals surface area contributed by atoms with Gasteiger partial charge in [0.15, 0.2) is 0 Å². The number of hydrogen-bond donors (Lipinski definition) is 0. The van der Waals surface area contributed by atoms with E-state index >= 15 is 0 Å². The molecule has 174 valence electrons. The van der Waals surface area contributed by atoms with Crippen molar-refractivity contribution in [3.05, 3.63) is 60.3 Å². The molecule has 6 aliphatic rings. The molecule has 0 radical (unpaired) electrons. The van der Waals surface area contributed by atoms with Crippen LogP contribution in [0, 0.1) is 17.3 Å². The van der Waals surface area contributed by atoms with E-state index in [1.54, 1.807) is 5.57 Å². The van der Waals surface area contributed by atoms with Gasteiger partial charge in [0.2, 0.25) is 0 Å². The maximum absolute atomic E-state index is 2.94. The monoisotopic (exact) mass is 432 g/mol. The van der Waals surface area contributed by atoms with Crippen LogP contribution in [-0.4, -0.2) is 48.6 Å². The third-order valence-electron chi connectivity index (χ3n) is 8.93. The number of allylic oxidation sites excluding steroid dienone is 7. The summed E-state index contributed by atoms with van der Waals surface area (Å²) in [7, 11) is 0. The third kappa shape index (κ3) is 4.77.